The van der Waals surface area contributed by atoms with Gasteiger partial charge in [0.05, 0.1) is 5.02 Å². The Morgan fingerprint density at radius 3 is 2.70 bits per heavy atom. The highest BCUT2D eigenvalue weighted by atomic mass is 35.5. The average molecular weight is 292 g/mol. The summed E-state index contributed by atoms with van der Waals surface area (Å²) in [5.74, 6) is 0.873. The maximum atomic E-state index is 9.40. The molecule has 4 heteroatoms. The molecule has 0 heterocycles. The number of hydrogen-bond donors (Lipinski definition) is 2. The van der Waals surface area contributed by atoms with E-state index in [4.69, 9.17) is 16.3 Å². The smallest absolute Gasteiger partial charge is 0.138 e. The molecule has 1 atom stereocenters. The van der Waals surface area contributed by atoms with Crippen LogP contribution < -0.4 is 10.1 Å². The minimum atomic E-state index is 0.232. The Morgan fingerprint density at radius 1 is 1.25 bits per heavy atom. The number of nitrogens with one attached hydrogen (secondary N) is 1. The lowest BCUT2D eigenvalue weighted by atomic mass is 10.1. The van der Waals surface area contributed by atoms with Crippen molar-refractivity contribution >= 4 is 11.6 Å². The van der Waals surface area contributed by atoms with E-state index < -0.39 is 0 Å². The zero-order valence-electron chi connectivity index (χ0n) is 11.6. The predicted octanol–water partition coefficient (Wildman–Crippen LogP) is 3.91. The van der Waals surface area contributed by atoms with Crippen molar-refractivity contribution in [2.24, 2.45) is 0 Å². The number of aromatic hydroxyl groups is 1. The van der Waals surface area contributed by atoms with Gasteiger partial charge in [0.2, 0.25) is 0 Å². The highest BCUT2D eigenvalue weighted by Gasteiger charge is 2.07. The molecule has 2 aromatic rings. The van der Waals surface area contributed by atoms with Gasteiger partial charge in [0.25, 0.3) is 0 Å². The average Bonchev–Trinajstić information content (AvgIpc) is 2.45. The molecule has 3 nitrogen and oxygen atoms in total. The minimum absolute atomic E-state index is 0.232. The van der Waals surface area contributed by atoms with Gasteiger partial charge < -0.3 is 15.2 Å². The third kappa shape index (κ3) is 3.65. The van der Waals surface area contributed by atoms with Gasteiger partial charge in [-0.05, 0) is 49.4 Å². The maximum Gasteiger partial charge on any atom is 0.138 e. The second-order valence-electron chi connectivity index (χ2n) is 4.66. The van der Waals surface area contributed by atoms with E-state index in [1.54, 1.807) is 18.2 Å². The lowest BCUT2D eigenvalue weighted by Crippen LogP contribution is -2.12. The molecule has 0 aliphatic carbocycles. The molecule has 0 aliphatic heterocycles. The Bertz CT molecular complexity index is 586. The van der Waals surface area contributed by atoms with Crippen LogP contribution in [0, 0.1) is 0 Å². The highest BCUT2D eigenvalue weighted by Crippen LogP contribution is 2.28. The van der Waals surface area contributed by atoms with Crippen LogP contribution in [-0.4, -0.2) is 12.2 Å². The van der Waals surface area contributed by atoms with Crippen LogP contribution in [0.3, 0.4) is 0 Å². The molecule has 0 amide bonds. The summed E-state index contributed by atoms with van der Waals surface area (Å²) < 4.78 is 5.68. The number of halogens is 1. The molecule has 0 spiro atoms. The molecule has 106 valence electrons. The third-order valence-electron chi connectivity index (χ3n) is 3.19. The largest absolute Gasteiger partial charge is 0.508 e. The number of benzene rings is 2. The fourth-order valence-electron chi connectivity index (χ4n) is 1.88. The molecule has 2 aromatic carbocycles. The number of hydrogen-bond acceptors (Lipinski definition) is 3. The Kier molecular flexibility index (Phi) is 4.88. The number of phenolic OH excluding ortho intramolecular Hbond substituents is 1. The first kappa shape index (κ1) is 14.7. The molecule has 0 bridgehead atoms. The predicted molar refractivity (Wildman–Crippen MR) is 81.4 cm³/mol. The summed E-state index contributed by atoms with van der Waals surface area (Å²) in [5.41, 5.74) is 2.01. The summed E-state index contributed by atoms with van der Waals surface area (Å²) in [6.45, 7) is 2.44. The van der Waals surface area contributed by atoms with Crippen LogP contribution >= 0.6 is 11.6 Å². The van der Waals surface area contributed by atoms with Crippen molar-refractivity contribution in [3.63, 3.8) is 0 Å². The molecule has 2 N–H and O–H groups in total. The summed E-state index contributed by atoms with van der Waals surface area (Å²) in [7, 11) is 1.91. The monoisotopic (exact) mass is 291 g/mol. The van der Waals surface area contributed by atoms with Gasteiger partial charge in [-0.3, -0.25) is 0 Å². The second kappa shape index (κ2) is 6.64. The van der Waals surface area contributed by atoms with E-state index in [0.717, 1.165) is 11.1 Å². The molecule has 20 heavy (non-hydrogen) atoms. The summed E-state index contributed by atoms with van der Waals surface area (Å²) >= 11 is 6.23. The van der Waals surface area contributed by atoms with Crippen molar-refractivity contribution in [2.75, 3.05) is 7.05 Å². The minimum Gasteiger partial charge on any atom is -0.508 e. The lowest BCUT2D eigenvalue weighted by molar-refractivity contribution is 0.305. The summed E-state index contributed by atoms with van der Waals surface area (Å²) in [6, 6.07) is 13.0. The molecule has 2 rings (SSSR count). The molecule has 0 aromatic heterocycles. The first-order valence-corrected chi connectivity index (χ1v) is 6.85. The van der Waals surface area contributed by atoms with Crippen molar-refractivity contribution in [1.82, 2.24) is 5.32 Å². The Morgan fingerprint density at radius 2 is 2.05 bits per heavy atom. The van der Waals surface area contributed by atoms with E-state index in [2.05, 4.69) is 12.2 Å². The van der Waals surface area contributed by atoms with Crippen LogP contribution in [0.15, 0.2) is 42.5 Å². The second-order valence-corrected chi connectivity index (χ2v) is 5.07. The maximum absolute atomic E-state index is 9.40. The van der Waals surface area contributed by atoms with Gasteiger partial charge in [0.1, 0.15) is 18.1 Å². The fraction of sp³-hybridized carbons (Fsp3) is 0.250. The number of ether oxygens (including phenoxy) is 1. The first-order chi connectivity index (χ1) is 9.60. The van der Waals surface area contributed by atoms with Crippen LogP contribution in [0.25, 0.3) is 0 Å². The van der Waals surface area contributed by atoms with Crippen LogP contribution in [-0.2, 0) is 6.61 Å². The summed E-state index contributed by atoms with van der Waals surface area (Å²) in [5, 5.41) is 13.2. The third-order valence-corrected chi connectivity index (χ3v) is 3.49. The quantitative estimate of drug-likeness (QED) is 0.878. The van der Waals surface area contributed by atoms with E-state index in [-0.39, 0.29) is 11.8 Å². The number of phenols is 1. The van der Waals surface area contributed by atoms with Crippen molar-refractivity contribution in [3.8, 4) is 11.5 Å². The Hall–Kier alpha value is -1.71. The summed E-state index contributed by atoms with van der Waals surface area (Å²) in [6.07, 6.45) is 0. The van der Waals surface area contributed by atoms with E-state index in [9.17, 15) is 5.11 Å². The van der Waals surface area contributed by atoms with Crippen molar-refractivity contribution in [2.45, 2.75) is 19.6 Å². The van der Waals surface area contributed by atoms with Gasteiger partial charge >= 0.3 is 0 Å². The van der Waals surface area contributed by atoms with Crippen LogP contribution in [0.4, 0.5) is 0 Å². The first-order valence-electron chi connectivity index (χ1n) is 6.47. The molecule has 0 radical (unpaired) electrons. The zero-order chi connectivity index (χ0) is 14.5. The van der Waals surface area contributed by atoms with Crippen LogP contribution in [0.2, 0.25) is 5.02 Å². The molecule has 0 saturated heterocycles. The van der Waals surface area contributed by atoms with Gasteiger partial charge in [-0.2, -0.15) is 0 Å². The normalized spacial score (nSPS) is 12.2. The molecule has 0 fully saturated rings. The van der Waals surface area contributed by atoms with Crippen molar-refractivity contribution in [3.05, 3.63) is 58.6 Å². The molecule has 0 saturated carbocycles. The van der Waals surface area contributed by atoms with E-state index in [1.165, 1.54) is 0 Å². The lowest BCUT2D eigenvalue weighted by Gasteiger charge is -2.13. The molecular formula is C16H18ClNO2. The van der Waals surface area contributed by atoms with Crippen LogP contribution in [0.1, 0.15) is 24.1 Å². The van der Waals surface area contributed by atoms with Crippen LogP contribution in [0.5, 0.6) is 11.5 Å². The summed E-state index contributed by atoms with van der Waals surface area (Å²) in [4.78, 5) is 0. The topological polar surface area (TPSA) is 41.5 Å². The fourth-order valence-corrected chi connectivity index (χ4v) is 2.12. The van der Waals surface area contributed by atoms with Crippen molar-refractivity contribution in [1.29, 1.82) is 0 Å². The van der Waals surface area contributed by atoms with E-state index >= 15 is 0 Å². The SMILES string of the molecule is CNC(C)c1ccc(OCc2cccc(O)c2)c(Cl)c1. The van der Waals surface area contributed by atoms with Gasteiger partial charge in [-0.1, -0.05) is 29.8 Å². The number of rotatable bonds is 5. The van der Waals surface area contributed by atoms with Gasteiger partial charge in [-0.25, -0.2) is 0 Å². The zero-order valence-corrected chi connectivity index (χ0v) is 12.3. The van der Waals surface area contributed by atoms with Gasteiger partial charge in [0, 0.05) is 6.04 Å². The van der Waals surface area contributed by atoms with E-state index in [0.29, 0.717) is 17.4 Å². The Labute approximate surface area is 124 Å². The Balaban J connectivity index is 2.07. The molecule has 0 aliphatic rings. The molecule has 1 unspecified atom stereocenters. The van der Waals surface area contributed by atoms with Gasteiger partial charge in [-0.15, -0.1) is 0 Å². The van der Waals surface area contributed by atoms with Crippen molar-refractivity contribution < 1.29 is 9.84 Å². The van der Waals surface area contributed by atoms with E-state index in [1.807, 2.05) is 31.3 Å². The highest BCUT2D eigenvalue weighted by molar-refractivity contribution is 6.32. The molecular weight excluding hydrogens is 274 g/mol. The van der Waals surface area contributed by atoms with Gasteiger partial charge in [0.15, 0.2) is 0 Å². The standard InChI is InChI=1S/C16H18ClNO2/c1-11(18-2)13-6-7-16(15(17)9-13)20-10-12-4-3-5-14(19)8-12/h3-9,11,18-19H,10H2,1-2H3.